The van der Waals surface area contributed by atoms with Gasteiger partial charge in [-0.3, -0.25) is 4.79 Å². The summed E-state index contributed by atoms with van der Waals surface area (Å²) in [5, 5.41) is 2.89. The number of hydrogen-bond acceptors (Lipinski definition) is 2. The summed E-state index contributed by atoms with van der Waals surface area (Å²) in [5.41, 5.74) is 2.78. The number of carbonyl (C=O) groups excluding carboxylic acids is 1. The molecule has 5 heteroatoms. The summed E-state index contributed by atoms with van der Waals surface area (Å²) in [6.45, 7) is 2.22. The molecule has 0 fully saturated rings. The summed E-state index contributed by atoms with van der Waals surface area (Å²) in [6, 6.07) is 18.3. The fourth-order valence-corrected chi connectivity index (χ4v) is 3.77. The van der Waals surface area contributed by atoms with Crippen molar-refractivity contribution in [1.82, 2.24) is 5.32 Å². The number of hydrogen-bond donors (Lipinski definition) is 2. The Labute approximate surface area is 157 Å². The average molecular weight is 365 g/mol. The fraction of sp³-hybridized carbons (Fsp3) is 0.227. The van der Waals surface area contributed by atoms with Crippen molar-refractivity contribution in [2.24, 2.45) is 0 Å². The Morgan fingerprint density at radius 2 is 1.85 bits per heavy atom. The molecule has 0 saturated carbocycles. The lowest BCUT2D eigenvalue weighted by Crippen LogP contribution is -3.12. The maximum Gasteiger partial charge on any atom is 0.254 e. The molecule has 0 saturated heterocycles. The molecule has 1 aliphatic heterocycles. The van der Waals surface area contributed by atoms with Crippen molar-refractivity contribution in [2.45, 2.75) is 19.0 Å². The maximum atomic E-state index is 13.9. The molecule has 2 aromatic carbocycles. The number of carbonyl (C=O) groups is 1. The van der Waals surface area contributed by atoms with Gasteiger partial charge in [-0.25, -0.2) is 4.39 Å². The smallest absolute Gasteiger partial charge is 0.254 e. The van der Waals surface area contributed by atoms with Crippen molar-refractivity contribution >= 4 is 5.91 Å². The van der Waals surface area contributed by atoms with Crippen LogP contribution < -0.4 is 10.2 Å². The van der Waals surface area contributed by atoms with E-state index in [1.807, 2.05) is 12.1 Å². The second-order valence-corrected chi connectivity index (χ2v) is 6.86. The molecule has 27 heavy (non-hydrogen) atoms. The Hall–Kier alpha value is -2.92. The van der Waals surface area contributed by atoms with Crippen molar-refractivity contribution in [3.8, 4) is 0 Å². The summed E-state index contributed by atoms with van der Waals surface area (Å²) in [5.74, 6) is -0.0801. The second kappa shape index (κ2) is 7.76. The monoisotopic (exact) mass is 365 g/mol. The Morgan fingerprint density at radius 3 is 2.63 bits per heavy atom. The predicted molar refractivity (Wildman–Crippen MR) is 99.9 cm³/mol. The molecule has 2 N–H and O–H groups in total. The van der Waals surface area contributed by atoms with Crippen molar-refractivity contribution in [2.75, 3.05) is 13.1 Å². The van der Waals surface area contributed by atoms with Crippen molar-refractivity contribution < 1.29 is 18.5 Å². The highest BCUT2D eigenvalue weighted by Gasteiger charge is 2.30. The lowest BCUT2D eigenvalue weighted by Gasteiger charge is -2.31. The van der Waals surface area contributed by atoms with Crippen LogP contribution in [0.25, 0.3) is 0 Å². The third-order valence-corrected chi connectivity index (χ3v) is 5.22. The van der Waals surface area contributed by atoms with Gasteiger partial charge in [0.2, 0.25) is 0 Å². The molecule has 1 aliphatic rings. The van der Waals surface area contributed by atoms with Gasteiger partial charge in [0.05, 0.1) is 24.9 Å². The van der Waals surface area contributed by atoms with E-state index in [0.717, 1.165) is 25.3 Å². The molecule has 4 nitrogen and oxygen atoms in total. The molecule has 1 amide bonds. The van der Waals surface area contributed by atoms with Crippen LogP contribution in [0.3, 0.4) is 0 Å². The normalized spacial score (nSPS) is 17.1. The van der Waals surface area contributed by atoms with Gasteiger partial charge in [0.15, 0.2) is 11.8 Å². The van der Waals surface area contributed by atoms with E-state index in [0.29, 0.717) is 6.54 Å². The van der Waals surface area contributed by atoms with Gasteiger partial charge in [-0.1, -0.05) is 36.4 Å². The minimum Gasteiger partial charge on any atom is -0.463 e. The van der Waals surface area contributed by atoms with Gasteiger partial charge >= 0.3 is 0 Å². The van der Waals surface area contributed by atoms with E-state index in [1.54, 1.807) is 18.4 Å². The number of benzene rings is 2. The Morgan fingerprint density at radius 1 is 1.07 bits per heavy atom. The van der Waals surface area contributed by atoms with E-state index in [4.69, 9.17) is 4.42 Å². The SMILES string of the molecule is O=C(NC[C@@H](c1ccco1)[NH+]1CCc2ccccc2C1)c1ccccc1F. The van der Waals surface area contributed by atoms with E-state index in [1.165, 1.54) is 28.2 Å². The van der Waals surface area contributed by atoms with Crippen LogP contribution in [-0.2, 0) is 13.0 Å². The lowest BCUT2D eigenvalue weighted by atomic mass is 9.98. The topological polar surface area (TPSA) is 46.7 Å². The van der Waals surface area contributed by atoms with Gasteiger partial charge in [-0.05, 0) is 29.8 Å². The molecular formula is C22H22FN2O2+. The summed E-state index contributed by atoms with van der Waals surface area (Å²) >= 11 is 0. The molecule has 0 radical (unpaired) electrons. The summed E-state index contributed by atoms with van der Waals surface area (Å²) in [7, 11) is 0. The zero-order valence-electron chi connectivity index (χ0n) is 15.0. The molecule has 0 aliphatic carbocycles. The molecular weight excluding hydrogens is 343 g/mol. The third-order valence-electron chi connectivity index (χ3n) is 5.22. The average Bonchev–Trinajstić information content (AvgIpc) is 3.23. The van der Waals surface area contributed by atoms with Crippen LogP contribution in [-0.4, -0.2) is 19.0 Å². The molecule has 0 spiro atoms. The molecule has 2 atom stereocenters. The van der Waals surface area contributed by atoms with E-state index in [2.05, 4.69) is 29.6 Å². The first kappa shape index (κ1) is 17.5. The van der Waals surface area contributed by atoms with Gasteiger partial charge in [-0.2, -0.15) is 0 Å². The lowest BCUT2D eigenvalue weighted by molar-refractivity contribution is -0.946. The van der Waals surface area contributed by atoms with Gasteiger partial charge < -0.3 is 14.6 Å². The molecule has 1 unspecified atom stereocenters. The summed E-state index contributed by atoms with van der Waals surface area (Å²) in [4.78, 5) is 13.8. The van der Waals surface area contributed by atoms with Crippen molar-refractivity contribution in [3.63, 3.8) is 0 Å². The number of halogens is 1. The van der Waals surface area contributed by atoms with Crippen LogP contribution in [0.4, 0.5) is 4.39 Å². The highest BCUT2D eigenvalue weighted by molar-refractivity contribution is 5.94. The van der Waals surface area contributed by atoms with Gasteiger partial charge in [0, 0.05) is 12.0 Å². The highest BCUT2D eigenvalue weighted by Crippen LogP contribution is 2.16. The second-order valence-electron chi connectivity index (χ2n) is 6.86. The van der Waals surface area contributed by atoms with Crippen LogP contribution in [0, 0.1) is 5.82 Å². The fourth-order valence-electron chi connectivity index (χ4n) is 3.77. The van der Waals surface area contributed by atoms with Crippen molar-refractivity contribution in [1.29, 1.82) is 0 Å². The number of nitrogens with one attached hydrogen (secondary N) is 2. The minimum absolute atomic E-state index is 0.0240. The van der Waals surface area contributed by atoms with Crippen LogP contribution >= 0.6 is 0 Å². The van der Waals surface area contributed by atoms with Crippen LogP contribution in [0.1, 0.15) is 33.3 Å². The van der Waals surface area contributed by atoms with E-state index in [9.17, 15) is 9.18 Å². The van der Waals surface area contributed by atoms with Gasteiger partial charge in [-0.15, -0.1) is 0 Å². The van der Waals surface area contributed by atoms with Gasteiger partial charge in [0.25, 0.3) is 5.91 Å². The summed E-state index contributed by atoms with van der Waals surface area (Å²) < 4.78 is 19.5. The molecule has 0 bridgehead atoms. The van der Waals surface area contributed by atoms with Crippen LogP contribution in [0.15, 0.2) is 71.3 Å². The zero-order valence-corrected chi connectivity index (χ0v) is 15.0. The first-order chi connectivity index (χ1) is 13.2. The standard InChI is InChI=1S/C22H21FN2O2/c23-19-9-4-3-8-18(19)22(26)24-14-20(21-10-5-13-27-21)25-12-11-16-6-1-2-7-17(16)15-25/h1-10,13,20H,11-12,14-15H2,(H,24,26)/p+1/t20-/m0/s1. The van der Waals surface area contributed by atoms with E-state index in [-0.39, 0.29) is 11.6 Å². The highest BCUT2D eigenvalue weighted by atomic mass is 19.1. The number of amides is 1. The first-order valence-electron chi connectivity index (χ1n) is 9.20. The Kier molecular flexibility index (Phi) is 5.03. The maximum absolute atomic E-state index is 13.9. The van der Waals surface area contributed by atoms with Crippen LogP contribution in [0.2, 0.25) is 0 Å². The number of quaternary nitrogens is 1. The Balaban J connectivity index is 1.51. The Bertz CT molecular complexity index is 924. The molecule has 2 heterocycles. The molecule has 138 valence electrons. The molecule has 3 aromatic rings. The van der Waals surface area contributed by atoms with E-state index >= 15 is 0 Å². The molecule has 4 rings (SSSR count). The van der Waals surface area contributed by atoms with Crippen LogP contribution in [0.5, 0.6) is 0 Å². The first-order valence-corrected chi connectivity index (χ1v) is 9.20. The molecule has 1 aromatic heterocycles. The van der Waals surface area contributed by atoms with E-state index < -0.39 is 11.7 Å². The third kappa shape index (κ3) is 3.78. The predicted octanol–water partition coefficient (Wildman–Crippen LogP) is 2.53. The van der Waals surface area contributed by atoms with Gasteiger partial charge in [0.1, 0.15) is 12.4 Å². The number of fused-ring (bicyclic) bond motifs is 1. The zero-order chi connectivity index (χ0) is 18.6. The largest absolute Gasteiger partial charge is 0.463 e. The minimum atomic E-state index is -0.510. The number of rotatable bonds is 5. The number of furan rings is 1. The summed E-state index contributed by atoms with van der Waals surface area (Å²) in [6.07, 6.45) is 2.64. The van der Waals surface area contributed by atoms with Crippen molar-refractivity contribution in [3.05, 3.63) is 95.2 Å². The quantitative estimate of drug-likeness (QED) is 0.730.